The lowest BCUT2D eigenvalue weighted by Gasteiger charge is -2.13. The fourth-order valence-corrected chi connectivity index (χ4v) is 2.58. The summed E-state index contributed by atoms with van der Waals surface area (Å²) in [6.07, 6.45) is 1.21. The highest BCUT2D eigenvalue weighted by atomic mass is 35.5. The fourth-order valence-electron chi connectivity index (χ4n) is 1.69. The number of benzene rings is 1. The second-order valence-electron chi connectivity index (χ2n) is 4.30. The minimum absolute atomic E-state index is 0.235. The van der Waals surface area contributed by atoms with Crippen LogP contribution in [0.3, 0.4) is 0 Å². The summed E-state index contributed by atoms with van der Waals surface area (Å²) in [4.78, 5) is 11.3. The fraction of sp³-hybridized carbons (Fsp3) is 0.385. The topological polar surface area (TPSA) is 91.6 Å². The second kappa shape index (κ2) is 8.18. The predicted molar refractivity (Wildman–Crippen MR) is 83.0 cm³/mol. The number of hydrogen-bond acceptors (Lipinski definition) is 4. The van der Waals surface area contributed by atoms with Crippen LogP contribution >= 0.6 is 34.8 Å². The number of carbonyl (C=O) groups is 1. The molecule has 21 heavy (non-hydrogen) atoms. The van der Waals surface area contributed by atoms with E-state index in [2.05, 4.69) is 10.2 Å². The lowest BCUT2D eigenvalue weighted by atomic mass is 9.97. The normalized spacial score (nSPS) is 13.9. The van der Waals surface area contributed by atoms with Gasteiger partial charge in [-0.25, -0.2) is 0 Å². The molecule has 1 amide bonds. The van der Waals surface area contributed by atoms with Gasteiger partial charge >= 0.3 is 0 Å². The molecule has 2 N–H and O–H groups in total. The Hall–Kier alpha value is -1.35. The highest BCUT2D eigenvalue weighted by molar-refractivity contribution is 6.41. The minimum Gasteiger partial charge on any atom is -0.368 e. The monoisotopic (exact) mass is 346 g/mol. The highest BCUT2D eigenvalue weighted by Gasteiger charge is 2.26. The van der Waals surface area contributed by atoms with Gasteiger partial charge in [-0.2, -0.15) is 15.5 Å². The van der Waals surface area contributed by atoms with Crippen LogP contribution in [0.5, 0.6) is 0 Å². The van der Waals surface area contributed by atoms with Crippen LogP contribution in [-0.4, -0.2) is 11.9 Å². The maximum absolute atomic E-state index is 11.3. The Morgan fingerprint density at radius 1 is 1.38 bits per heavy atom. The van der Waals surface area contributed by atoms with Crippen molar-refractivity contribution in [2.24, 2.45) is 21.9 Å². The summed E-state index contributed by atoms with van der Waals surface area (Å²) < 4.78 is 0. The highest BCUT2D eigenvalue weighted by Crippen LogP contribution is 2.36. The summed E-state index contributed by atoms with van der Waals surface area (Å²) in [5.74, 6) is -1.78. The SMILES string of the molecule is CCCC(N=Nc1c(Cl)cc(Cl)cc1Cl)C(C#N)C(N)=O. The van der Waals surface area contributed by atoms with Gasteiger partial charge in [0.25, 0.3) is 0 Å². The Morgan fingerprint density at radius 3 is 2.38 bits per heavy atom. The first-order chi connectivity index (χ1) is 9.90. The molecule has 8 heteroatoms. The standard InChI is InChI=1S/C13H13Cl3N4O/c1-2-3-11(8(6-17)13(18)21)19-20-12-9(15)4-7(14)5-10(12)16/h4-5,8,11H,2-3H2,1H3,(H2,18,21). The Kier molecular flexibility index (Phi) is 6.90. The van der Waals surface area contributed by atoms with E-state index in [1.54, 1.807) is 0 Å². The van der Waals surface area contributed by atoms with Gasteiger partial charge in [0, 0.05) is 5.02 Å². The number of nitrogens with zero attached hydrogens (tertiary/aromatic N) is 3. The molecule has 0 heterocycles. The van der Waals surface area contributed by atoms with Gasteiger partial charge in [0.15, 0.2) is 0 Å². The molecule has 0 saturated carbocycles. The van der Waals surface area contributed by atoms with Gasteiger partial charge in [0.05, 0.1) is 22.2 Å². The zero-order chi connectivity index (χ0) is 16.0. The van der Waals surface area contributed by atoms with Gasteiger partial charge in [-0.15, -0.1) is 0 Å². The smallest absolute Gasteiger partial charge is 0.237 e. The van der Waals surface area contributed by atoms with Gasteiger partial charge in [0.1, 0.15) is 11.6 Å². The Morgan fingerprint density at radius 2 is 1.95 bits per heavy atom. The molecule has 1 aromatic rings. The molecule has 5 nitrogen and oxygen atoms in total. The van der Waals surface area contributed by atoms with Crippen molar-refractivity contribution in [3.63, 3.8) is 0 Å². The predicted octanol–water partition coefficient (Wildman–Crippen LogP) is 4.52. The Labute approximate surface area is 137 Å². The summed E-state index contributed by atoms with van der Waals surface area (Å²) in [6.45, 7) is 1.90. The molecule has 2 unspecified atom stereocenters. The third-order valence-corrected chi connectivity index (χ3v) is 3.50. The number of azo groups is 1. The van der Waals surface area contributed by atoms with E-state index in [-0.39, 0.29) is 15.7 Å². The quantitative estimate of drug-likeness (QED) is 0.766. The molecular weight excluding hydrogens is 335 g/mol. The van der Waals surface area contributed by atoms with E-state index >= 15 is 0 Å². The maximum atomic E-state index is 11.3. The van der Waals surface area contributed by atoms with Crippen molar-refractivity contribution < 1.29 is 4.79 Å². The first-order valence-corrected chi connectivity index (χ1v) is 7.28. The molecule has 0 fully saturated rings. The van der Waals surface area contributed by atoms with Crippen LogP contribution < -0.4 is 5.73 Å². The van der Waals surface area contributed by atoms with E-state index in [1.165, 1.54) is 12.1 Å². The van der Waals surface area contributed by atoms with E-state index in [0.29, 0.717) is 11.4 Å². The number of hydrogen-bond donors (Lipinski definition) is 1. The van der Waals surface area contributed by atoms with Gasteiger partial charge in [-0.3, -0.25) is 4.79 Å². The van der Waals surface area contributed by atoms with Crippen molar-refractivity contribution in [1.82, 2.24) is 0 Å². The van der Waals surface area contributed by atoms with Crippen molar-refractivity contribution in [3.8, 4) is 6.07 Å². The molecule has 0 bridgehead atoms. The molecule has 112 valence electrons. The number of halogens is 3. The number of rotatable bonds is 6. The van der Waals surface area contributed by atoms with Crippen molar-refractivity contribution in [2.45, 2.75) is 25.8 Å². The molecule has 0 saturated heterocycles. The lowest BCUT2D eigenvalue weighted by Crippen LogP contribution is -2.31. The molecule has 0 radical (unpaired) electrons. The van der Waals surface area contributed by atoms with E-state index in [1.807, 2.05) is 13.0 Å². The lowest BCUT2D eigenvalue weighted by molar-refractivity contribution is -0.120. The van der Waals surface area contributed by atoms with Crippen LogP contribution in [0.1, 0.15) is 19.8 Å². The van der Waals surface area contributed by atoms with Crippen molar-refractivity contribution >= 4 is 46.4 Å². The Bertz CT molecular complexity index is 575. The van der Waals surface area contributed by atoms with Crippen LogP contribution in [0.2, 0.25) is 15.1 Å². The molecule has 0 aromatic heterocycles. The summed E-state index contributed by atoms with van der Waals surface area (Å²) in [5, 5.41) is 17.8. The first-order valence-electron chi connectivity index (χ1n) is 6.15. The third kappa shape index (κ3) is 4.85. The van der Waals surface area contributed by atoms with E-state index in [0.717, 1.165) is 6.42 Å². The average Bonchev–Trinajstić information content (AvgIpc) is 2.37. The van der Waals surface area contributed by atoms with Crippen LogP contribution in [0, 0.1) is 17.2 Å². The summed E-state index contributed by atoms with van der Waals surface area (Å²) in [7, 11) is 0. The molecule has 1 rings (SSSR count). The van der Waals surface area contributed by atoms with E-state index in [4.69, 9.17) is 45.8 Å². The van der Waals surface area contributed by atoms with Crippen LogP contribution in [-0.2, 0) is 4.79 Å². The molecular formula is C13H13Cl3N4O. The second-order valence-corrected chi connectivity index (χ2v) is 5.55. The first kappa shape index (κ1) is 17.7. The number of nitriles is 1. The summed E-state index contributed by atoms with van der Waals surface area (Å²) in [5.41, 5.74) is 5.44. The molecule has 0 spiro atoms. The zero-order valence-electron chi connectivity index (χ0n) is 11.2. The molecule has 1 aromatic carbocycles. The number of primary amides is 1. The van der Waals surface area contributed by atoms with Gasteiger partial charge in [0.2, 0.25) is 5.91 Å². The van der Waals surface area contributed by atoms with Gasteiger partial charge in [-0.05, 0) is 18.6 Å². The molecule has 0 aliphatic rings. The van der Waals surface area contributed by atoms with Crippen molar-refractivity contribution in [2.75, 3.05) is 0 Å². The van der Waals surface area contributed by atoms with Crippen LogP contribution in [0.15, 0.2) is 22.4 Å². The van der Waals surface area contributed by atoms with E-state index < -0.39 is 17.9 Å². The van der Waals surface area contributed by atoms with Crippen LogP contribution in [0.25, 0.3) is 0 Å². The largest absolute Gasteiger partial charge is 0.368 e. The summed E-state index contributed by atoms with van der Waals surface area (Å²) >= 11 is 17.8. The molecule has 2 atom stereocenters. The zero-order valence-corrected chi connectivity index (χ0v) is 13.5. The van der Waals surface area contributed by atoms with E-state index in [9.17, 15) is 4.79 Å². The van der Waals surface area contributed by atoms with Crippen molar-refractivity contribution in [1.29, 1.82) is 5.26 Å². The minimum atomic E-state index is -1.04. The van der Waals surface area contributed by atoms with Gasteiger partial charge < -0.3 is 5.73 Å². The number of nitrogens with two attached hydrogens (primary N) is 1. The Balaban J connectivity index is 3.10. The number of amides is 1. The number of carbonyl (C=O) groups excluding carboxylic acids is 1. The average molecular weight is 348 g/mol. The maximum Gasteiger partial charge on any atom is 0.237 e. The summed E-state index contributed by atoms with van der Waals surface area (Å²) in [6, 6.07) is 4.17. The molecule has 0 aliphatic carbocycles. The van der Waals surface area contributed by atoms with Crippen LogP contribution in [0.4, 0.5) is 5.69 Å². The third-order valence-electron chi connectivity index (χ3n) is 2.70. The molecule has 0 aliphatic heterocycles. The van der Waals surface area contributed by atoms with Gasteiger partial charge in [-0.1, -0.05) is 48.1 Å². The van der Waals surface area contributed by atoms with Crippen molar-refractivity contribution in [3.05, 3.63) is 27.2 Å².